The lowest BCUT2D eigenvalue weighted by Gasteiger charge is -2.00. The minimum Gasteiger partial charge on any atom is -0.342 e. The third-order valence-corrected chi connectivity index (χ3v) is 5.03. The topological polar surface area (TPSA) is 70.7 Å². The average molecular weight is 380 g/mol. The lowest BCUT2D eigenvalue weighted by molar-refractivity contribution is -0.116. The van der Waals surface area contributed by atoms with Gasteiger partial charge in [0, 0.05) is 30.3 Å². The van der Waals surface area contributed by atoms with Crippen LogP contribution in [-0.4, -0.2) is 20.9 Å². The van der Waals surface area contributed by atoms with Gasteiger partial charge in [0.15, 0.2) is 5.13 Å². The van der Waals surface area contributed by atoms with Crippen molar-refractivity contribution in [2.45, 2.75) is 19.3 Å². The Morgan fingerprint density at radius 1 is 1.15 bits per heavy atom. The molecule has 7 heteroatoms. The molecule has 2 aromatic carbocycles. The molecule has 0 aliphatic heterocycles. The number of thiazole rings is 1. The normalized spacial score (nSPS) is 11.0. The van der Waals surface area contributed by atoms with E-state index in [1.165, 1.54) is 23.5 Å². The van der Waals surface area contributed by atoms with Crippen LogP contribution in [0.4, 0.5) is 9.52 Å². The highest BCUT2D eigenvalue weighted by molar-refractivity contribution is 7.15. The van der Waals surface area contributed by atoms with E-state index in [9.17, 15) is 9.18 Å². The second-order valence-corrected chi connectivity index (χ2v) is 7.30. The smallest absolute Gasteiger partial charge is 0.226 e. The van der Waals surface area contributed by atoms with Gasteiger partial charge in [-0.15, -0.1) is 11.3 Å². The number of nitrogens with zero attached hydrogens (tertiary/aromatic N) is 2. The number of hydrogen-bond acceptors (Lipinski definition) is 4. The van der Waals surface area contributed by atoms with E-state index in [4.69, 9.17) is 0 Å². The maximum Gasteiger partial charge on any atom is 0.226 e. The number of fused-ring (bicyclic) bond motifs is 1. The number of hydrogen-bond donors (Lipinski definition) is 2. The maximum atomic E-state index is 13.0. The number of imidazole rings is 1. The Labute approximate surface area is 159 Å². The van der Waals surface area contributed by atoms with Gasteiger partial charge in [-0.05, 0) is 29.8 Å². The fourth-order valence-corrected chi connectivity index (χ4v) is 3.65. The molecule has 0 spiro atoms. The third kappa shape index (κ3) is 4.38. The largest absolute Gasteiger partial charge is 0.342 e. The van der Waals surface area contributed by atoms with Crippen LogP contribution in [0, 0.1) is 5.82 Å². The van der Waals surface area contributed by atoms with Gasteiger partial charge in [-0.1, -0.05) is 24.3 Å². The first-order valence-corrected chi connectivity index (χ1v) is 9.40. The van der Waals surface area contributed by atoms with E-state index in [1.54, 1.807) is 18.3 Å². The molecule has 2 N–H and O–H groups in total. The number of para-hydroxylation sites is 2. The first-order chi connectivity index (χ1) is 13.2. The Balaban J connectivity index is 1.31. The molecule has 0 fully saturated rings. The highest BCUT2D eigenvalue weighted by Gasteiger charge is 2.09. The van der Waals surface area contributed by atoms with E-state index in [-0.39, 0.29) is 11.7 Å². The number of aromatic nitrogens is 3. The fraction of sp³-hybridized carbons (Fsp3) is 0.150. The van der Waals surface area contributed by atoms with Crippen molar-refractivity contribution in [2.75, 3.05) is 5.32 Å². The molecule has 0 atom stereocenters. The van der Waals surface area contributed by atoms with Gasteiger partial charge in [0.2, 0.25) is 5.91 Å². The van der Waals surface area contributed by atoms with Crippen molar-refractivity contribution in [1.29, 1.82) is 0 Å². The summed E-state index contributed by atoms with van der Waals surface area (Å²) < 4.78 is 13.0. The van der Waals surface area contributed by atoms with Crippen LogP contribution in [0.25, 0.3) is 11.0 Å². The van der Waals surface area contributed by atoms with Gasteiger partial charge in [-0.2, -0.15) is 0 Å². The van der Waals surface area contributed by atoms with Crippen LogP contribution in [0.2, 0.25) is 0 Å². The number of H-pyrrole nitrogens is 1. The highest BCUT2D eigenvalue weighted by atomic mass is 32.1. The standard InChI is InChI=1S/C20H17FN4OS/c21-14-7-5-13(6-8-14)11-15-12-22-20(27-15)25-19(26)10-9-18-23-16-3-1-2-4-17(16)24-18/h1-8,12H,9-11H2,(H,23,24)(H,22,25,26). The zero-order valence-electron chi connectivity index (χ0n) is 14.4. The predicted molar refractivity (Wildman–Crippen MR) is 104 cm³/mol. The van der Waals surface area contributed by atoms with Crippen LogP contribution >= 0.6 is 11.3 Å². The summed E-state index contributed by atoms with van der Waals surface area (Å²) in [6.45, 7) is 0. The van der Waals surface area contributed by atoms with E-state index >= 15 is 0 Å². The third-order valence-electron chi connectivity index (χ3n) is 4.12. The number of amides is 1. The summed E-state index contributed by atoms with van der Waals surface area (Å²) in [6, 6.07) is 14.2. The zero-order chi connectivity index (χ0) is 18.6. The molecule has 0 aliphatic rings. The SMILES string of the molecule is O=C(CCc1nc2ccccc2[nH]1)Nc1ncc(Cc2ccc(F)cc2)s1. The second-order valence-electron chi connectivity index (χ2n) is 6.18. The first kappa shape index (κ1) is 17.4. The number of aryl methyl sites for hydroxylation is 1. The molecular formula is C20H17FN4OS. The fourth-order valence-electron chi connectivity index (χ4n) is 2.79. The summed E-state index contributed by atoms with van der Waals surface area (Å²) in [6.07, 6.45) is 3.26. The van der Waals surface area contributed by atoms with E-state index < -0.39 is 0 Å². The zero-order valence-corrected chi connectivity index (χ0v) is 15.2. The molecule has 5 nitrogen and oxygen atoms in total. The number of halogens is 1. The Morgan fingerprint density at radius 2 is 1.96 bits per heavy atom. The van der Waals surface area contributed by atoms with Gasteiger partial charge in [0.25, 0.3) is 0 Å². The molecule has 0 aliphatic carbocycles. The monoisotopic (exact) mass is 380 g/mol. The minimum absolute atomic E-state index is 0.0989. The van der Waals surface area contributed by atoms with Crippen molar-refractivity contribution < 1.29 is 9.18 Å². The highest BCUT2D eigenvalue weighted by Crippen LogP contribution is 2.21. The van der Waals surface area contributed by atoms with E-state index in [1.807, 2.05) is 24.3 Å². The summed E-state index contributed by atoms with van der Waals surface area (Å²) in [5.41, 5.74) is 2.87. The van der Waals surface area contributed by atoms with Crippen LogP contribution in [0.1, 0.15) is 22.7 Å². The van der Waals surface area contributed by atoms with Gasteiger partial charge < -0.3 is 10.3 Å². The predicted octanol–water partition coefficient (Wildman–Crippen LogP) is 4.32. The molecule has 0 unspecified atom stereocenters. The number of carbonyl (C=O) groups is 1. The summed E-state index contributed by atoms with van der Waals surface area (Å²) >= 11 is 1.43. The van der Waals surface area contributed by atoms with Crippen molar-refractivity contribution in [3.63, 3.8) is 0 Å². The van der Waals surface area contributed by atoms with Crippen molar-refractivity contribution in [1.82, 2.24) is 15.0 Å². The molecular weight excluding hydrogens is 363 g/mol. The number of nitrogens with one attached hydrogen (secondary N) is 2. The second kappa shape index (κ2) is 7.67. The Morgan fingerprint density at radius 3 is 2.78 bits per heavy atom. The maximum absolute atomic E-state index is 13.0. The molecule has 1 amide bonds. The van der Waals surface area contributed by atoms with E-state index in [2.05, 4.69) is 20.3 Å². The summed E-state index contributed by atoms with van der Waals surface area (Å²) in [7, 11) is 0. The molecule has 4 aromatic rings. The van der Waals surface area contributed by atoms with Crippen LogP contribution in [0.15, 0.2) is 54.7 Å². The summed E-state index contributed by atoms with van der Waals surface area (Å²) in [5, 5.41) is 3.40. The Kier molecular flexibility index (Phi) is 4.93. The lowest BCUT2D eigenvalue weighted by Crippen LogP contribution is -2.12. The van der Waals surface area contributed by atoms with Gasteiger partial charge in [0.1, 0.15) is 11.6 Å². The lowest BCUT2D eigenvalue weighted by atomic mass is 10.1. The van der Waals surface area contributed by atoms with Crippen LogP contribution in [0.3, 0.4) is 0 Å². The summed E-state index contributed by atoms with van der Waals surface area (Å²) in [5.74, 6) is 0.445. The summed E-state index contributed by atoms with van der Waals surface area (Å²) in [4.78, 5) is 25.1. The number of aromatic amines is 1. The Bertz CT molecular complexity index is 1040. The molecule has 4 rings (SSSR count). The van der Waals surface area contributed by atoms with Crippen LogP contribution < -0.4 is 5.32 Å². The average Bonchev–Trinajstić information content (AvgIpc) is 3.28. The molecule has 2 aromatic heterocycles. The quantitative estimate of drug-likeness (QED) is 0.523. The van der Waals surface area contributed by atoms with Crippen molar-refractivity contribution in [3.05, 3.63) is 76.8 Å². The molecule has 2 heterocycles. The number of carbonyl (C=O) groups excluding carboxylic acids is 1. The number of benzene rings is 2. The molecule has 136 valence electrons. The van der Waals surface area contributed by atoms with Crippen molar-refractivity contribution >= 4 is 33.4 Å². The van der Waals surface area contributed by atoms with Crippen molar-refractivity contribution in [2.24, 2.45) is 0 Å². The van der Waals surface area contributed by atoms with Gasteiger partial charge >= 0.3 is 0 Å². The Hall–Kier alpha value is -3.06. The molecule has 0 radical (unpaired) electrons. The van der Waals surface area contributed by atoms with Gasteiger partial charge in [-0.25, -0.2) is 14.4 Å². The van der Waals surface area contributed by atoms with Crippen molar-refractivity contribution in [3.8, 4) is 0 Å². The van der Waals surface area contributed by atoms with Crippen LogP contribution in [0.5, 0.6) is 0 Å². The van der Waals surface area contributed by atoms with Crippen LogP contribution in [-0.2, 0) is 17.6 Å². The minimum atomic E-state index is -0.250. The molecule has 0 bridgehead atoms. The molecule has 0 saturated carbocycles. The van der Waals surface area contributed by atoms with Gasteiger partial charge in [0.05, 0.1) is 11.0 Å². The van der Waals surface area contributed by atoms with Gasteiger partial charge in [-0.3, -0.25) is 4.79 Å². The molecule has 27 heavy (non-hydrogen) atoms. The number of rotatable bonds is 6. The number of anilines is 1. The van der Waals surface area contributed by atoms with E-state index in [0.29, 0.717) is 24.4 Å². The first-order valence-electron chi connectivity index (χ1n) is 8.58. The van der Waals surface area contributed by atoms with E-state index in [0.717, 1.165) is 27.3 Å². The molecule has 0 saturated heterocycles.